The number of aliphatic hydroxyl groups excluding tert-OH is 1. The predicted molar refractivity (Wildman–Crippen MR) is 98.3 cm³/mol. The fourth-order valence-corrected chi connectivity index (χ4v) is 8.62. The van der Waals surface area contributed by atoms with Gasteiger partial charge in [-0.3, -0.25) is 0 Å². The second-order valence-electron chi connectivity index (χ2n) is 10.8. The van der Waals surface area contributed by atoms with Crippen molar-refractivity contribution in [1.29, 1.82) is 0 Å². The standard InChI is InChI=1S/C22H36O4/c1-13(19-25-10-11-26-19)14-4-5-16-18-15(6-9-21(14,16)3)20(2)8-7-17(23)22(18,24)12-20/h13-19,23-24H,4-12H2,1-3H3/t13-,14+,15?,16?,17+,18?,20-,21+,22?/m0/s1. The summed E-state index contributed by atoms with van der Waals surface area (Å²) < 4.78 is 11.7. The highest BCUT2D eigenvalue weighted by Gasteiger charge is 2.70. The van der Waals surface area contributed by atoms with E-state index in [0.717, 1.165) is 32.5 Å². The molecule has 5 rings (SSSR count). The van der Waals surface area contributed by atoms with E-state index in [-0.39, 0.29) is 23.0 Å². The number of hydrogen-bond acceptors (Lipinski definition) is 4. The summed E-state index contributed by atoms with van der Waals surface area (Å²) in [5.41, 5.74) is -0.400. The Morgan fingerprint density at radius 1 is 0.962 bits per heavy atom. The highest BCUT2D eigenvalue weighted by molar-refractivity contribution is 5.19. The molecule has 4 nitrogen and oxygen atoms in total. The molecule has 4 saturated carbocycles. The molecule has 9 atom stereocenters. The molecule has 0 spiro atoms. The molecule has 1 heterocycles. The molecule has 2 bridgehead atoms. The summed E-state index contributed by atoms with van der Waals surface area (Å²) in [5, 5.41) is 22.4. The van der Waals surface area contributed by atoms with Crippen LogP contribution in [0.15, 0.2) is 0 Å². The van der Waals surface area contributed by atoms with E-state index in [2.05, 4.69) is 20.8 Å². The van der Waals surface area contributed by atoms with Crippen LogP contribution in [-0.4, -0.2) is 41.4 Å². The van der Waals surface area contributed by atoms with Crippen LogP contribution >= 0.6 is 0 Å². The molecule has 4 unspecified atom stereocenters. The molecule has 0 aromatic heterocycles. The molecule has 5 aliphatic rings. The quantitative estimate of drug-likeness (QED) is 0.789. The predicted octanol–water partition coefficient (Wildman–Crippen LogP) is 3.35. The van der Waals surface area contributed by atoms with Crippen LogP contribution in [0.4, 0.5) is 0 Å². The summed E-state index contributed by atoms with van der Waals surface area (Å²) in [6, 6.07) is 0. The third kappa shape index (κ3) is 2.16. The van der Waals surface area contributed by atoms with Crippen LogP contribution in [0.3, 0.4) is 0 Å². The zero-order valence-electron chi connectivity index (χ0n) is 16.6. The fraction of sp³-hybridized carbons (Fsp3) is 1.00. The smallest absolute Gasteiger partial charge is 0.160 e. The maximum absolute atomic E-state index is 11.6. The number of fused-ring (bicyclic) bond motifs is 7. The molecule has 148 valence electrons. The Kier molecular flexibility index (Phi) is 3.91. The minimum Gasteiger partial charge on any atom is -0.390 e. The topological polar surface area (TPSA) is 58.9 Å². The lowest BCUT2D eigenvalue weighted by molar-refractivity contribution is -0.157. The van der Waals surface area contributed by atoms with E-state index in [9.17, 15) is 10.2 Å². The summed E-state index contributed by atoms with van der Waals surface area (Å²) in [4.78, 5) is 0. The largest absolute Gasteiger partial charge is 0.390 e. The molecule has 26 heavy (non-hydrogen) atoms. The van der Waals surface area contributed by atoms with Gasteiger partial charge in [0.05, 0.1) is 24.9 Å². The summed E-state index contributed by atoms with van der Waals surface area (Å²) in [6.45, 7) is 8.59. The van der Waals surface area contributed by atoms with Crippen LogP contribution in [0.5, 0.6) is 0 Å². The van der Waals surface area contributed by atoms with Gasteiger partial charge in [-0.1, -0.05) is 20.8 Å². The first-order valence-electron chi connectivity index (χ1n) is 10.9. The van der Waals surface area contributed by atoms with Gasteiger partial charge in [0.1, 0.15) is 0 Å². The molecule has 1 saturated heterocycles. The number of hydrogen-bond donors (Lipinski definition) is 2. The van der Waals surface area contributed by atoms with E-state index in [1.54, 1.807) is 0 Å². The zero-order valence-corrected chi connectivity index (χ0v) is 16.6. The van der Waals surface area contributed by atoms with Gasteiger partial charge in [-0.25, -0.2) is 0 Å². The molecule has 0 amide bonds. The molecular formula is C22H36O4. The Morgan fingerprint density at radius 3 is 2.42 bits per heavy atom. The van der Waals surface area contributed by atoms with Gasteiger partial charge >= 0.3 is 0 Å². The second kappa shape index (κ2) is 5.68. The molecule has 5 fully saturated rings. The van der Waals surface area contributed by atoms with Crippen molar-refractivity contribution in [3.63, 3.8) is 0 Å². The van der Waals surface area contributed by atoms with Crippen molar-refractivity contribution in [1.82, 2.24) is 0 Å². The third-order valence-electron chi connectivity index (χ3n) is 9.78. The van der Waals surface area contributed by atoms with Gasteiger partial charge in [-0.05, 0) is 79.4 Å². The maximum Gasteiger partial charge on any atom is 0.160 e. The minimum atomic E-state index is -0.859. The number of ether oxygens (including phenoxy) is 2. The van der Waals surface area contributed by atoms with Crippen molar-refractivity contribution < 1.29 is 19.7 Å². The van der Waals surface area contributed by atoms with Gasteiger partial charge in [-0.2, -0.15) is 0 Å². The average molecular weight is 365 g/mol. The van der Waals surface area contributed by atoms with Crippen LogP contribution in [0.1, 0.15) is 65.7 Å². The van der Waals surface area contributed by atoms with Crippen LogP contribution in [0.25, 0.3) is 0 Å². The van der Waals surface area contributed by atoms with Crippen LogP contribution < -0.4 is 0 Å². The Labute approximate surface area is 157 Å². The number of rotatable bonds is 2. The van der Waals surface area contributed by atoms with E-state index >= 15 is 0 Å². The van der Waals surface area contributed by atoms with Crippen molar-refractivity contribution in [3.05, 3.63) is 0 Å². The van der Waals surface area contributed by atoms with E-state index in [1.165, 1.54) is 25.7 Å². The Morgan fingerprint density at radius 2 is 1.69 bits per heavy atom. The molecule has 4 aliphatic carbocycles. The lowest BCUT2D eigenvalue weighted by atomic mass is 9.54. The van der Waals surface area contributed by atoms with Crippen molar-refractivity contribution in [2.45, 2.75) is 83.7 Å². The van der Waals surface area contributed by atoms with E-state index in [4.69, 9.17) is 9.47 Å². The lowest BCUT2D eigenvalue weighted by Crippen LogP contribution is -2.54. The molecular weight excluding hydrogens is 328 g/mol. The molecule has 0 aromatic carbocycles. The van der Waals surface area contributed by atoms with Gasteiger partial charge in [0.15, 0.2) is 6.29 Å². The van der Waals surface area contributed by atoms with Crippen molar-refractivity contribution in [3.8, 4) is 0 Å². The Hall–Kier alpha value is -0.160. The Balaban J connectivity index is 1.47. The van der Waals surface area contributed by atoms with E-state index in [0.29, 0.717) is 23.7 Å². The number of aliphatic hydroxyl groups is 2. The Bertz CT molecular complexity index is 574. The van der Waals surface area contributed by atoms with Gasteiger partial charge in [0.25, 0.3) is 0 Å². The average Bonchev–Trinajstić information content (AvgIpc) is 3.27. The lowest BCUT2D eigenvalue weighted by Gasteiger charge is -2.52. The first-order chi connectivity index (χ1) is 12.3. The highest BCUT2D eigenvalue weighted by atomic mass is 16.7. The van der Waals surface area contributed by atoms with Crippen molar-refractivity contribution >= 4 is 0 Å². The molecule has 2 N–H and O–H groups in total. The van der Waals surface area contributed by atoms with Gasteiger partial charge in [0, 0.05) is 5.92 Å². The van der Waals surface area contributed by atoms with E-state index < -0.39 is 11.7 Å². The molecule has 1 aliphatic heterocycles. The first-order valence-corrected chi connectivity index (χ1v) is 10.9. The summed E-state index contributed by atoms with van der Waals surface area (Å²) in [5.74, 6) is 2.36. The highest BCUT2D eigenvalue weighted by Crippen LogP contribution is 2.72. The molecule has 0 aromatic rings. The minimum absolute atomic E-state index is 0.0534. The van der Waals surface area contributed by atoms with Crippen LogP contribution in [0, 0.1) is 40.4 Å². The third-order valence-corrected chi connectivity index (χ3v) is 9.78. The van der Waals surface area contributed by atoms with Crippen molar-refractivity contribution in [2.75, 3.05) is 13.2 Å². The van der Waals surface area contributed by atoms with E-state index in [1.807, 2.05) is 0 Å². The molecule has 4 heteroatoms. The second-order valence-corrected chi connectivity index (χ2v) is 10.8. The fourth-order valence-electron chi connectivity index (χ4n) is 8.62. The van der Waals surface area contributed by atoms with Gasteiger partial charge < -0.3 is 19.7 Å². The normalized spacial score (nSPS) is 57.8. The molecule has 0 radical (unpaired) electrons. The first kappa shape index (κ1) is 17.9. The van der Waals surface area contributed by atoms with Crippen LogP contribution in [-0.2, 0) is 9.47 Å². The maximum atomic E-state index is 11.6. The van der Waals surface area contributed by atoms with Crippen molar-refractivity contribution in [2.24, 2.45) is 40.4 Å². The van der Waals surface area contributed by atoms with Gasteiger partial charge in [-0.15, -0.1) is 0 Å². The summed E-state index contributed by atoms with van der Waals surface area (Å²) in [6.07, 6.45) is 6.91. The van der Waals surface area contributed by atoms with Gasteiger partial charge in [0.2, 0.25) is 0 Å². The van der Waals surface area contributed by atoms with Crippen LogP contribution in [0.2, 0.25) is 0 Å². The zero-order chi connectivity index (χ0) is 18.3. The monoisotopic (exact) mass is 364 g/mol. The summed E-state index contributed by atoms with van der Waals surface area (Å²) >= 11 is 0. The SMILES string of the molecule is C[C@H](C1OCCO1)[C@H]1CCC2C3C(CC[C@@]21C)[C@@]1(C)CC[C@@H](O)C3(O)C1. The summed E-state index contributed by atoms with van der Waals surface area (Å²) in [7, 11) is 0.